The number of benzene rings is 2. The maximum Gasteiger partial charge on any atom is 0.259 e. The number of aliphatic hydroxyl groups is 1. The molecule has 0 fully saturated rings. The molecule has 2 aromatic heterocycles. The summed E-state index contributed by atoms with van der Waals surface area (Å²) in [6, 6.07) is 12.9. The number of para-hydroxylation sites is 1. The van der Waals surface area contributed by atoms with Crippen LogP contribution in [0.5, 0.6) is 5.75 Å². The number of nitrogens with zero attached hydrogens (tertiary/aromatic N) is 1. The third-order valence-electron chi connectivity index (χ3n) is 5.36. The minimum absolute atomic E-state index is 0.0436. The summed E-state index contributed by atoms with van der Waals surface area (Å²) in [6.45, 7) is 0.332. The van der Waals surface area contributed by atoms with E-state index < -0.39 is 11.8 Å². The lowest BCUT2D eigenvalue weighted by Gasteiger charge is -2.08. The molecule has 7 nitrogen and oxygen atoms in total. The van der Waals surface area contributed by atoms with Gasteiger partial charge in [-0.3, -0.25) is 14.9 Å². The zero-order valence-corrected chi connectivity index (χ0v) is 16.1. The van der Waals surface area contributed by atoms with Crippen LogP contribution < -0.4 is 10.1 Å². The molecular weight excluding hydrogens is 384 g/mol. The normalized spacial score (nSPS) is 14.2. The van der Waals surface area contributed by atoms with Crippen LogP contribution >= 0.6 is 0 Å². The molecule has 2 aromatic carbocycles. The SMILES string of the molecule is COc1cc(C2=C(c3cn(CCO)c4ccccc34)C(=O)NC2=O)c2occc2c1. The number of carbonyl (C=O) groups is 2. The van der Waals surface area contributed by atoms with Gasteiger partial charge in [-0.2, -0.15) is 0 Å². The number of hydrogen-bond donors (Lipinski definition) is 2. The van der Waals surface area contributed by atoms with Crippen molar-refractivity contribution in [1.29, 1.82) is 0 Å². The average Bonchev–Trinajstić information content (AvgIpc) is 3.43. The van der Waals surface area contributed by atoms with Gasteiger partial charge < -0.3 is 18.8 Å². The average molecular weight is 402 g/mol. The number of aliphatic hydroxyl groups excluding tert-OH is 1. The Morgan fingerprint density at radius 2 is 1.83 bits per heavy atom. The number of aromatic nitrogens is 1. The van der Waals surface area contributed by atoms with Crippen LogP contribution in [0.1, 0.15) is 11.1 Å². The van der Waals surface area contributed by atoms with Crippen molar-refractivity contribution >= 4 is 44.8 Å². The predicted octanol–water partition coefficient (Wildman–Crippen LogP) is 2.96. The molecule has 0 atom stereocenters. The third kappa shape index (κ3) is 2.63. The molecule has 1 aliphatic heterocycles. The van der Waals surface area contributed by atoms with E-state index in [0.29, 0.717) is 29.0 Å². The molecule has 30 heavy (non-hydrogen) atoms. The van der Waals surface area contributed by atoms with Crippen molar-refractivity contribution in [3.8, 4) is 5.75 Å². The molecule has 3 heterocycles. The van der Waals surface area contributed by atoms with E-state index in [2.05, 4.69) is 5.32 Å². The topological polar surface area (TPSA) is 93.7 Å². The first-order valence-electron chi connectivity index (χ1n) is 9.47. The Hall–Kier alpha value is -3.84. The number of furan rings is 1. The first kappa shape index (κ1) is 18.2. The second-order valence-electron chi connectivity index (χ2n) is 7.02. The summed E-state index contributed by atoms with van der Waals surface area (Å²) < 4.78 is 12.9. The molecule has 0 saturated carbocycles. The van der Waals surface area contributed by atoms with Gasteiger partial charge in [0.1, 0.15) is 11.3 Å². The van der Waals surface area contributed by atoms with E-state index in [-0.39, 0.29) is 17.8 Å². The minimum Gasteiger partial charge on any atom is -0.497 e. The van der Waals surface area contributed by atoms with E-state index in [1.165, 1.54) is 6.26 Å². The molecule has 0 unspecified atom stereocenters. The maximum absolute atomic E-state index is 12.9. The van der Waals surface area contributed by atoms with Gasteiger partial charge >= 0.3 is 0 Å². The molecular formula is C23H18N2O5. The summed E-state index contributed by atoms with van der Waals surface area (Å²) in [5.41, 5.74) is 3.01. The monoisotopic (exact) mass is 402 g/mol. The Bertz CT molecular complexity index is 1360. The number of amides is 2. The molecule has 4 aromatic rings. The van der Waals surface area contributed by atoms with E-state index in [9.17, 15) is 14.7 Å². The van der Waals surface area contributed by atoms with Gasteiger partial charge in [0.05, 0.1) is 31.1 Å². The highest BCUT2D eigenvalue weighted by Crippen LogP contribution is 2.39. The van der Waals surface area contributed by atoms with Crippen molar-refractivity contribution < 1.29 is 23.8 Å². The molecule has 2 N–H and O–H groups in total. The molecule has 150 valence electrons. The molecule has 0 radical (unpaired) electrons. The number of methoxy groups -OCH3 is 1. The minimum atomic E-state index is -0.486. The van der Waals surface area contributed by atoms with E-state index in [4.69, 9.17) is 9.15 Å². The van der Waals surface area contributed by atoms with Crippen LogP contribution in [0.25, 0.3) is 33.0 Å². The van der Waals surface area contributed by atoms with Crippen molar-refractivity contribution in [3.63, 3.8) is 0 Å². The van der Waals surface area contributed by atoms with Gasteiger partial charge in [-0.15, -0.1) is 0 Å². The second kappa shape index (κ2) is 6.89. The van der Waals surface area contributed by atoms with Crippen molar-refractivity contribution in [2.24, 2.45) is 0 Å². The Morgan fingerprint density at radius 1 is 1.07 bits per heavy atom. The van der Waals surface area contributed by atoms with Gasteiger partial charge in [0, 0.05) is 40.2 Å². The van der Waals surface area contributed by atoms with Crippen molar-refractivity contribution in [1.82, 2.24) is 9.88 Å². The highest BCUT2D eigenvalue weighted by Gasteiger charge is 2.35. The number of fused-ring (bicyclic) bond motifs is 2. The standard InChI is InChI=1S/C23H18N2O5/c1-29-14-10-13-6-9-30-21(13)16(11-14)19-20(23(28)24-22(19)27)17-12-25(7-8-26)18-5-3-2-4-15(17)18/h2-6,9-12,26H,7-8H2,1H3,(H,24,27,28). The molecule has 0 saturated heterocycles. The first-order valence-corrected chi connectivity index (χ1v) is 9.47. The van der Waals surface area contributed by atoms with Gasteiger partial charge in [0.2, 0.25) is 0 Å². The van der Waals surface area contributed by atoms with Gasteiger partial charge in [-0.05, 0) is 24.3 Å². The highest BCUT2D eigenvalue weighted by molar-refractivity contribution is 6.50. The zero-order chi connectivity index (χ0) is 20.8. The highest BCUT2D eigenvalue weighted by atomic mass is 16.5. The van der Waals surface area contributed by atoms with Crippen LogP contribution in [0.2, 0.25) is 0 Å². The lowest BCUT2D eigenvalue weighted by molar-refractivity contribution is -0.122. The van der Waals surface area contributed by atoms with E-state index in [1.807, 2.05) is 34.9 Å². The van der Waals surface area contributed by atoms with Crippen LogP contribution in [-0.2, 0) is 16.1 Å². The van der Waals surface area contributed by atoms with Gasteiger partial charge in [-0.1, -0.05) is 18.2 Å². The summed E-state index contributed by atoms with van der Waals surface area (Å²) in [5, 5.41) is 13.4. The number of ether oxygens (including phenoxy) is 1. The van der Waals surface area contributed by atoms with Crippen LogP contribution in [0.15, 0.2) is 59.3 Å². The van der Waals surface area contributed by atoms with E-state index in [1.54, 1.807) is 25.4 Å². The smallest absolute Gasteiger partial charge is 0.259 e. The number of imide groups is 1. The van der Waals surface area contributed by atoms with Crippen molar-refractivity contribution in [2.45, 2.75) is 6.54 Å². The largest absolute Gasteiger partial charge is 0.497 e. The molecule has 0 bridgehead atoms. The molecule has 7 heteroatoms. The van der Waals surface area contributed by atoms with Crippen LogP contribution in [0.3, 0.4) is 0 Å². The lowest BCUT2D eigenvalue weighted by Crippen LogP contribution is -2.22. The van der Waals surface area contributed by atoms with Gasteiger partial charge in [-0.25, -0.2) is 0 Å². The number of rotatable bonds is 5. The quantitative estimate of drug-likeness (QED) is 0.501. The first-order chi connectivity index (χ1) is 14.6. The van der Waals surface area contributed by atoms with Gasteiger partial charge in [0.15, 0.2) is 0 Å². The van der Waals surface area contributed by atoms with Crippen LogP contribution in [0, 0.1) is 0 Å². The Balaban J connectivity index is 1.85. The third-order valence-corrected chi connectivity index (χ3v) is 5.36. The summed E-state index contributed by atoms with van der Waals surface area (Å²) >= 11 is 0. The number of nitrogens with one attached hydrogen (secondary N) is 1. The molecule has 0 spiro atoms. The molecule has 5 rings (SSSR count). The zero-order valence-electron chi connectivity index (χ0n) is 16.1. The molecule has 0 aliphatic carbocycles. The summed E-state index contributed by atoms with van der Waals surface area (Å²) in [4.78, 5) is 25.8. The van der Waals surface area contributed by atoms with E-state index >= 15 is 0 Å². The molecule has 2 amide bonds. The summed E-state index contributed by atoms with van der Waals surface area (Å²) in [5.74, 6) is -0.398. The van der Waals surface area contributed by atoms with Crippen molar-refractivity contribution in [3.05, 3.63) is 66.1 Å². The van der Waals surface area contributed by atoms with Crippen molar-refractivity contribution in [2.75, 3.05) is 13.7 Å². The van der Waals surface area contributed by atoms with Crippen LogP contribution in [0.4, 0.5) is 0 Å². The molecule has 1 aliphatic rings. The summed E-state index contributed by atoms with van der Waals surface area (Å²) in [6.07, 6.45) is 3.34. The fraction of sp³-hybridized carbons (Fsp3) is 0.130. The Kier molecular flexibility index (Phi) is 4.18. The fourth-order valence-electron chi connectivity index (χ4n) is 4.07. The Morgan fingerprint density at radius 3 is 2.60 bits per heavy atom. The van der Waals surface area contributed by atoms with Crippen LogP contribution in [-0.4, -0.2) is 35.2 Å². The second-order valence-corrected chi connectivity index (χ2v) is 7.02. The van der Waals surface area contributed by atoms with E-state index in [0.717, 1.165) is 16.3 Å². The maximum atomic E-state index is 12.9. The van der Waals surface area contributed by atoms with Gasteiger partial charge in [0.25, 0.3) is 11.8 Å². The number of hydrogen-bond acceptors (Lipinski definition) is 5. The lowest BCUT2D eigenvalue weighted by atomic mass is 9.95. The predicted molar refractivity (Wildman–Crippen MR) is 112 cm³/mol. The summed E-state index contributed by atoms with van der Waals surface area (Å²) in [7, 11) is 1.54. The Labute approximate surface area is 171 Å². The number of carbonyl (C=O) groups excluding carboxylic acids is 2. The fourth-order valence-corrected chi connectivity index (χ4v) is 4.07.